The number of Topliss-reactive ketones (excluding diaryl/α,β-unsaturated/α-hetero) is 1. The van der Waals surface area contributed by atoms with E-state index in [2.05, 4.69) is 11.0 Å². The Labute approximate surface area is 165 Å². The summed E-state index contributed by atoms with van der Waals surface area (Å²) in [7, 11) is 0. The Hall–Kier alpha value is -2.44. The first kappa shape index (κ1) is 18.9. The molecule has 2 heterocycles. The van der Waals surface area contributed by atoms with Gasteiger partial charge < -0.3 is 14.5 Å². The molecule has 0 spiro atoms. The lowest BCUT2D eigenvalue weighted by Gasteiger charge is -2.38. The number of ether oxygens (including phenoxy) is 1. The number of nitrogens with zero attached hydrogens (tertiary/aromatic N) is 3. The van der Waals surface area contributed by atoms with Gasteiger partial charge in [0.15, 0.2) is 5.78 Å². The summed E-state index contributed by atoms with van der Waals surface area (Å²) in [5, 5.41) is 2.25. The van der Waals surface area contributed by atoms with Crippen molar-refractivity contribution < 1.29 is 14.3 Å². The second-order valence-corrected chi connectivity index (χ2v) is 7.45. The van der Waals surface area contributed by atoms with Crippen molar-refractivity contribution in [3.63, 3.8) is 0 Å². The van der Waals surface area contributed by atoms with E-state index in [0.717, 1.165) is 49.1 Å². The van der Waals surface area contributed by atoms with Gasteiger partial charge in [-0.05, 0) is 16.8 Å². The molecule has 0 N–H and O–H groups in total. The van der Waals surface area contributed by atoms with Crippen molar-refractivity contribution in [2.75, 3.05) is 59.0 Å². The summed E-state index contributed by atoms with van der Waals surface area (Å²) in [5.41, 5.74) is 0.778. The van der Waals surface area contributed by atoms with Crippen LogP contribution in [-0.4, -0.2) is 85.5 Å². The van der Waals surface area contributed by atoms with Gasteiger partial charge in [0.05, 0.1) is 13.2 Å². The van der Waals surface area contributed by atoms with Crippen molar-refractivity contribution >= 4 is 22.6 Å². The van der Waals surface area contributed by atoms with Gasteiger partial charge in [-0.1, -0.05) is 36.4 Å². The zero-order valence-corrected chi connectivity index (χ0v) is 16.2. The maximum absolute atomic E-state index is 12.6. The Morgan fingerprint density at radius 1 is 0.821 bits per heavy atom. The molecule has 6 nitrogen and oxygen atoms in total. The number of amides is 2. The molecule has 2 aromatic carbocycles. The Balaban J connectivity index is 1.25. The number of hydrogen-bond donors (Lipinski definition) is 0. The molecule has 2 fully saturated rings. The molecular weight excluding hydrogens is 354 g/mol. The van der Waals surface area contributed by atoms with Crippen LogP contribution < -0.4 is 0 Å². The number of morpholine rings is 1. The highest BCUT2D eigenvalue weighted by atomic mass is 16.5. The normalized spacial score (nSPS) is 18.4. The van der Waals surface area contributed by atoms with Gasteiger partial charge in [0.2, 0.25) is 0 Å². The molecule has 2 aromatic rings. The average Bonchev–Trinajstić information content (AvgIpc) is 2.77. The van der Waals surface area contributed by atoms with Crippen molar-refractivity contribution in [2.24, 2.45) is 0 Å². The minimum atomic E-state index is 0.121. The SMILES string of the molecule is O=C(CCN1CCN(C(=O)N2CCOCC2)CC1)c1ccc2ccccc2c1. The first-order chi connectivity index (χ1) is 13.7. The number of piperazine rings is 1. The molecule has 4 rings (SSSR count). The third-order valence-electron chi connectivity index (χ3n) is 5.65. The maximum atomic E-state index is 12.6. The second-order valence-electron chi connectivity index (χ2n) is 7.45. The molecule has 2 aliphatic rings. The lowest BCUT2D eigenvalue weighted by molar-refractivity contribution is 0.0376. The summed E-state index contributed by atoms with van der Waals surface area (Å²) < 4.78 is 5.32. The van der Waals surface area contributed by atoms with E-state index in [0.29, 0.717) is 32.7 Å². The van der Waals surface area contributed by atoms with Gasteiger partial charge in [0, 0.05) is 57.8 Å². The van der Waals surface area contributed by atoms with Crippen LogP contribution in [0.25, 0.3) is 10.8 Å². The highest BCUT2D eigenvalue weighted by Crippen LogP contribution is 2.17. The van der Waals surface area contributed by atoms with E-state index in [9.17, 15) is 9.59 Å². The standard InChI is InChI=1S/C22H27N3O3/c26-21(20-6-5-18-3-1-2-4-19(18)17-20)7-8-23-9-11-24(12-10-23)22(27)25-13-15-28-16-14-25/h1-6,17H,7-16H2. The van der Waals surface area contributed by atoms with E-state index >= 15 is 0 Å². The molecule has 0 bridgehead atoms. The van der Waals surface area contributed by atoms with E-state index in [1.807, 2.05) is 46.2 Å². The van der Waals surface area contributed by atoms with Crippen molar-refractivity contribution in [3.05, 3.63) is 48.0 Å². The van der Waals surface area contributed by atoms with E-state index < -0.39 is 0 Å². The minimum Gasteiger partial charge on any atom is -0.378 e. The van der Waals surface area contributed by atoms with Crippen LogP contribution in [0.4, 0.5) is 4.79 Å². The van der Waals surface area contributed by atoms with Crippen LogP contribution in [0, 0.1) is 0 Å². The number of urea groups is 1. The first-order valence-electron chi connectivity index (χ1n) is 10.1. The third kappa shape index (κ3) is 4.34. The summed E-state index contributed by atoms with van der Waals surface area (Å²) in [4.78, 5) is 31.2. The van der Waals surface area contributed by atoms with Gasteiger partial charge in [-0.2, -0.15) is 0 Å². The van der Waals surface area contributed by atoms with Gasteiger partial charge in [0.1, 0.15) is 0 Å². The zero-order valence-electron chi connectivity index (χ0n) is 16.2. The van der Waals surface area contributed by atoms with Crippen molar-refractivity contribution in [1.82, 2.24) is 14.7 Å². The van der Waals surface area contributed by atoms with Crippen molar-refractivity contribution in [3.8, 4) is 0 Å². The van der Waals surface area contributed by atoms with Gasteiger partial charge in [-0.25, -0.2) is 4.79 Å². The molecule has 0 saturated carbocycles. The Morgan fingerprint density at radius 3 is 2.25 bits per heavy atom. The number of carbonyl (C=O) groups is 2. The third-order valence-corrected chi connectivity index (χ3v) is 5.65. The maximum Gasteiger partial charge on any atom is 0.320 e. The summed E-state index contributed by atoms with van der Waals surface area (Å²) in [6, 6.07) is 14.1. The van der Waals surface area contributed by atoms with Gasteiger partial charge in [0.25, 0.3) is 0 Å². The lowest BCUT2D eigenvalue weighted by Crippen LogP contribution is -2.54. The molecular formula is C22H27N3O3. The molecule has 6 heteroatoms. The van der Waals surface area contributed by atoms with Crippen LogP contribution in [0.5, 0.6) is 0 Å². The van der Waals surface area contributed by atoms with Crippen LogP contribution in [0.15, 0.2) is 42.5 Å². The molecule has 0 unspecified atom stereocenters. The second kappa shape index (κ2) is 8.71. The molecule has 2 amide bonds. The first-order valence-corrected chi connectivity index (χ1v) is 10.1. The fourth-order valence-electron chi connectivity index (χ4n) is 3.88. The molecule has 2 saturated heterocycles. The summed E-state index contributed by atoms with van der Waals surface area (Å²) in [5.74, 6) is 0.178. The Kier molecular flexibility index (Phi) is 5.88. The summed E-state index contributed by atoms with van der Waals surface area (Å²) in [6.07, 6.45) is 0.510. The van der Waals surface area contributed by atoms with Crippen LogP contribution in [0.2, 0.25) is 0 Å². The fourth-order valence-corrected chi connectivity index (χ4v) is 3.88. The number of rotatable bonds is 4. The number of hydrogen-bond acceptors (Lipinski definition) is 4. The van der Waals surface area contributed by atoms with Gasteiger partial charge >= 0.3 is 6.03 Å². The molecule has 0 atom stereocenters. The Morgan fingerprint density at radius 2 is 1.50 bits per heavy atom. The zero-order chi connectivity index (χ0) is 19.3. The van der Waals surface area contributed by atoms with Crippen LogP contribution in [0.1, 0.15) is 16.8 Å². The molecule has 0 radical (unpaired) electrons. The number of benzene rings is 2. The number of carbonyl (C=O) groups excluding carboxylic acids is 2. The molecule has 2 aliphatic heterocycles. The molecule has 148 valence electrons. The highest BCUT2D eigenvalue weighted by Gasteiger charge is 2.26. The van der Waals surface area contributed by atoms with E-state index in [1.54, 1.807) is 0 Å². The van der Waals surface area contributed by atoms with E-state index in [4.69, 9.17) is 4.74 Å². The summed E-state index contributed by atoms with van der Waals surface area (Å²) in [6.45, 7) is 6.44. The predicted octanol–water partition coefficient (Wildman–Crippen LogP) is 2.48. The average molecular weight is 381 g/mol. The topological polar surface area (TPSA) is 53.1 Å². The van der Waals surface area contributed by atoms with Crippen molar-refractivity contribution in [1.29, 1.82) is 0 Å². The predicted molar refractivity (Wildman–Crippen MR) is 109 cm³/mol. The molecule has 0 aromatic heterocycles. The lowest BCUT2D eigenvalue weighted by atomic mass is 10.0. The smallest absolute Gasteiger partial charge is 0.320 e. The van der Waals surface area contributed by atoms with Crippen molar-refractivity contribution in [2.45, 2.75) is 6.42 Å². The van der Waals surface area contributed by atoms with E-state index in [1.165, 1.54) is 0 Å². The molecule has 28 heavy (non-hydrogen) atoms. The highest BCUT2D eigenvalue weighted by molar-refractivity contribution is 6.00. The van der Waals surface area contributed by atoms with Gasteiger partial charge in [-0.15, -0.1) is 0 Å². The van der Waals surface area contributed by atoms with Crippen LogP contribution in [0.3, 0.4) is 0 Å². The number of fused-ring (bicyclic) bond motifs is 1. The van der Waals surface area contributed by atoms with Crippen LogP contribution in [-0.2, 0) is 4.74 Å². The fraction of sp³-hybridized carbons (Fsp3) is 0.455. The quantitative estimate of drug-likeness (QED) is 0.764. The number of ketones is 1. The van der Waals surface area contributed by atoms with Crippen LogP contribution >= 0.6 is 0 Å². The minimum absolute atomic E-state index is 0.121. The van der Waals surface area contributed by atoms with E-state index in [-0.39, 0.29) is 11.8 Å². The monoisotopic (exact) mass is 381 g/mol. The molecule has 0 aliphatic carbocycles. The van der Waals surface area contributed by atoms with Gasteiger partial charge in [-0.3, -0.25) is 9.69 Å². The summed E-state index contributed by atoms with van der Waals surface area (Å²) >= 11 is 0. The largest absolute Gasteiger partial charge is 0.378 e. The Bertz CT molecular complexity index is 840.